The number of hydrogen-bond donors (Lipinski definition) is 22. The molecule has 39 heteroatoms. The number of ketones is 1. The summed E-state index contributed by atoms with van der Waals surface area (Å²) in [6.07, 6.45) is 21.9. The fraction of sp³-hybridized carbons (Fsp3) is 0.628. The third kappa shape index (κ3) is 41.0. The van der Waals surface area contributed by atoms with Gasteiger partial charge < -0.3 is 123 Å². The van der Waals surface area contributed by atoms with Crippen LogP contribution < -0.4 is 98.2 Å². The van der Waals surface area contributed by atoms with Crippen LogP contribution in [0.25, 0.3) is 10.9 Å². The molecular formula is C86H140N21O18+. The minimum atomic E-state index is -1.57. The number of unbranched alkanes of at least 4 members (excludes halogenated alkanes) is 15. The first kappa shape index (κ1) is 106. The molecule has 2 aliphatic heterocycles. The molecule has 2 aromatic carbocycles. The number of quaternary nitrogens is 1. The van der Waals surface area contributed by atoms with Gasteiger partial charge in [-0.15, -0.1) is 0 Å². The number of aliphatic imine (C=N–C) groups is 1. The van der Waals surface area contributed by atoms with Gasteiger partial charge in [-0.3, -0.25) is 76.9 Å². The van der Waals surface area contributed by atoms with E-state index in [9.17, 15) is 87.2 Å². The number of fused-ring (bicyclic) bond motifs is 2. The molecule has 2 fully saturated rings. The van der Waals surface area contributed by atoms with E-state index in [1.165, 1.54) is 88.7 Å². The van der Waals surface area contributed by atoms with E-state index >= 15 is 0 Å². The number of aliphatic hydroxyl groups is 3. The van der Waals surface area contributed by atoms with Gasteiger partial charge in [-0.05, 0) is 89.0 Å². The molecule has 5 rings (SSSR count). The normalized spacial score (nSPS) is 19.5. The van der Waals surface area contributed by atoms with Gasteiger partial charge in [-0.1, -0.05) is 165 Å². The standard InChI is InChI=1S/C43H60N12O8.C43H79N9O10/c1-47-32-16-17-36(57)48-18-8-7-14-30(37(44)58)51-40(61)34(21-26-23-50-29-13-6-5-12-28(26)29)53-38(59)31(15-9-19-49-43(45)46)52-39(60)33(20-25-10-3-2-4-11-25)54-41(62)35-22-27(56)24-55(35)42(32)63;1-4-6-8-9-10-11-12-13-14-15-16-17-18-19-20-22-38(57)47-27-39(58)48-35(28-53)42(61)50-33(23-24-37(46)56)40(59)51-34(25-31(45)26-44)41(60)52-36(29-54)43(62)49-32(30(3)55)21-7-5-2/h2-6,10-13,23,27,30-35,47,50,56H,7-9,14-22,24H2,1H3,(H2,44,58)(H,48,57)(H,51,61)(H,52,60)(H,53,59)(H,54,62)(H4,45,46,49);26,32-36,53-54H,4-25,27-29,44-45H2,1-3H3,(H2,46,56)(H,47,57)(H,48,58)(H,49,62)(H,50,61)(H,51,59)(H,52,60)/p+1/b;31-26-/t27-,30+,31+,32+,33-,34+,35+;32-,33+,34-,35-,36-/m10/s1. The van der Waals surface area contributed by atoms with Crippen LogP contribution in [0.5, 0.6) is 0 Å². The summed E-state index contributed by atoms with van der Waals surface area (Å²) in [6, 6.07) is 2.34. The zero-order valence-corrected chi connectivity index (χ0v) is 73.1. The fourth-order valence-corrected chi connectivity index (χ4v) is 14.4. The molecule has 0 saturated carbocycles. The van der Waals surface area contributed by atoms with E-state index in [4.69, 9.17) is 28.7 Å². The SMILES string of the molecule is CCCCCCCCCCCCCCCCCC(=O)NCC(=O)N[C@@H](CO)C(=O)N[C@H](CCC(N)=O)C(=O)N[C@@H](C/C(N)=C/[NH3+])C(=O)N[C@@H](CO)C(=O)N[C@@H](CCCC)C(C)=O.CN[C@H]1CCC(=O)NCCCC[C@@H](C(N)=O)NC(=O)[C@H](Cc2c[nH]c3ccccc23)NC(=O)[C@H](CCCN=C(N)N)NC(=O)[C@@H](Cc2ccccc2)NC(=O)[C@@H]2C[C@@H](O)CN2C1=O. The topological polar surface area (TPSA) is 650 Å². The van der Waals surface area contributed by atoms with Crippen molar-refractivity contribution in [3.05, 3.63) is 83.8 Å². The highest BCUT2D eigenvalue weighted by Gasteiger charge is 2.43. The number of nitrogens with two attached hydrogens (primary N) is 5. The Balaban J connectivity index is 0.000000525. The Morgan fingerprint density at radius 2 is 1.14 bits per heavy atom. The molecule has 125 heavy (non-hydrogen) atoms. The number of aromatic nitrogens is 1. The molecule has 14 amide bonds. The lowest BCUT2D eigenvalue weighted by Crippen LogP contribution is -2.60. The summed E-state index contributed by atoms with van der Waals surface area (Å²) in [5, 5.41) is 62.6. The Bertz CT molecular complexity index is 3990. The summed E-state index contributed by atoms with van der Waals surface area (Å²) in [6.45, 7) is 3.45. The summed E-state index contributed by atoms with van der Waals surface area (Å²) in [7, 11) is 1.55. The lowest BCUT2D eigenvalue weighted by atomic mass is 10.0. The first-order valence-corrected chi connectivity index (χ1v) is 44.0. The van der Waals surface area contributed by atoms with Crippen LogP contribution >= 0.6 is 0 Å². The molecule has 3 heterocycles. The Hall–Kier alpha value is -11.2. The monoisotopic (exact) mass is 1760 g/mol. The Labute approximate surface area is 731 Å². The van der Waals surface area contributed by atoms with E-state index in [1.54, 1.807) is 43.6 Å². The average molecular weight is 1760 g/mol. The molecule has 2 aliphatic rings. The summed E-state index contributed by atoms with van der Waals surface area (Å²) in [4.78, 5) is 207. The van der Waals surface area contributed by atoms with E-state index in [0.29, 0.717) is 43.2 Å². The number of amides is 14. The van der Waals surface area contributed by atoms with Crippen LogP contribution in [0.4, 0.5) is 0 Å². The second-order valence-corrected chi connectivity index (χ2v) is 31.9. The van der Waals surface area contributed by atoms with Gasteiger partial charge in [0.2, 0.25) is 82.7 Å². The zero-order valence-electron chi connectivity index (χ0n) is 73.1. The number of para-hydroxylation sites is 1. The molecule has 0 spiro atoms. The summed E-state index contributed by atoms with van der Waals surface area (Å²) in [5.41, 5.74) is 33.8. The summed E-state index contributed by atoms with van der Waals surface area (Å²) in [5.74, 6) is -10.7. The van der Waals surface area contributed by atoms with Crippen molar-refractivity contribution in [1.29, 1.82) is 0 Å². The van der Waals surface area contributed by atoms with Crippen molar-refractivity contribution in [1.82, 2.24) is 73.7 Å². The molecule has 29 N–H and O–H groups in total. The second kappa shape index (κ2) is 59.6. The first-order chi connectivity index (χ1) is 59.9. The van der Waals surface area contributed by atoms with Crippen molar-refractivity contribution >= 4 is 105 Å². The van der Waals surface area contributed by atoms with Gasteiger partial charge >= 0.3 is 0 Å². The van der Waals surface area contributed by atoms with Gasteiger partial charge in [0.1, 0.15) is 60.6 Å². The predicted octanol–water partition coefficient (Wildman–Crippen LogP) is -1.69. The highest BCUT2D eigenvalue weighted by atomic mass is 16.3. The number of hydrogen-bond acceptors (Lipinski definition) is 21. The number of aliphatic hydroxyl groups excluding tert-OH is 3. The molecule has 0 bridgehead atoms. The van der Waals surface area contributed by atoms with Crippen LogP contribution in [0.3, 0.4) is 0 Å². The number of H-pyrrole nitrogens is 1. The lowest BCUT2D eigenvalue weighted by molar-refractivity contribution is -0.276. The van der Waals surface area contributed by atoms with Crippen LogP contribution in [-0.2, 0) is 84.8 Å². The van der Waals surface area contributed by atoms with Gasteiger partial charge in [0, 0.05) is 81.7 Å². The number of aromatic amines is 1. The summed E-state index contributed by atoms with van der Waals surface area (Å²) < 4.78 is 0. The smallest absolute Gasteiger partial charge is 0.245 e. The Kier molecular flexibility index (Phi) is 50.7. The minimum Gasteiger partial charge on any atom is -0.398 e. The molecule has 0 radical (unpaired) electrons. The van der Waals surface area contributed by atoms with Crippen molar-refractivity contribution in [2.24, 2.45) is 33.7 Å². The predicted molar refractivity (Wildman–Crippen MR) is 469 cm³/mol. The lowest BCUT2D eigenvalue weighted by Gasteiger charge is -2.30. The van der Waals surface area contributed by atoms with E-state index in [-0.39, 0.29) is 126 Å². The fourth-order valence-electron chi connectivity index (χ4n) is 14.4. The maximum Gasteiger partial charge on any atom is 0.245 e. The summed E-state index contributed by atoms with van der Waals surface area (Å²) >= 11 is 0. The van der Waals surface area contributed by atoms with Crippen LogP contribution in [-0.4, -0.2) is 239 Å². The number of primary amides is 2. The quantitative estimate of drug-likeness (QED) is 0.0170. The van der Waals surface area contributed by atoms with E-state index in [2.05, 4.69) is 86.4 Å². The number of carbonyl (C=O) groups is 15. The van der Waals surface area contributed by atoms with E-state index in [1.807, 2.05) is 31.2 Å². The largest absolute Gasteiger partial charge is 0.398 e. The molecule has 696 valence electrons. The zero-order chi connectivity index (χ0) is 92.2. The number of likely N-dealkylation sites (N-methyl/N-ethyl adjacent to an activating group) is 1. The van der Waals surface area contributed by atoms with Gasteiger partial charge in [0.15, 0.2) is 11.7 Å². The van der Waals surface area contributed by atoms with Gasteiger partial charge in [0.05, 0.1) is 43.6 Å². The highest BCUT2D eigenvalue weighted by Crippen LogP contribution is 2.24. The molecule has 39 nitrogen and oxygen atoms in total. The Morgan fingerprint density at radius 1 is 0.592 bits per heavy atom. The third-order valence-corrected chi connectivity index (χ3v) is 21.7. The average Bonchev–Trinajstić information content (AvgIpc) is 1.69. The van der Waals surface area contributed by atoms with Crippen molar-refractivity contribution in [2.45, 2.75) is 299 Å². The van der Waals surface area contributed by atoms with E-state index in [0.717, 1.165) is 36.6 Å². The molecule has 3 aromatic rings. The van der Waals surface area contributed by atoms with Crippen LogP contribution in [0.1, 0.15) is 225 Å². The maximum absolute atomic E-state index is 14.4. The van der Waals surface area contributed by atoms with Gasteiger partial charge in [-0.25, -0.2) is 0 Å². The molecule has 12 atom stereocenters. The number of carbonyl (C=O) groups excluding carboxylic acids is 15. The minimum absolute atomic E-state index is 0.00470. The number of guanidine groups is 1. The number of benzene rings is 2. The Morgan fingerprint density at radius 3 is 1.74 bits per heavy atom. The van der Waals surface area contributed by atoms with Crippen molar-refractivity contribution < 1.29 is 93.0 Å². The number of Topliss-reactive ketones (excluding diaryl/α,β-unsaturated/α-hetero) is 1. The van der Waals surface area contributed by atoms with Crippen molar-refractivity contribution in [3.63, 3.8) is 0 Å². The number of nitrogens with zero attached hydrogens (tertiary/aromatic N) is 2. The molecule has 2 saturated heterocycles. The number of rotatable bonds is 48. The third-order valence-electron chi connectivity index (χ3n) is 21.7. The van der Waals surface area contributed by atoms with E-state index < -0.39 is 163 Å². The maximum atomic E-state index is 14.4. The second-order valence-electron chi connectivity index (χ2n) is 31.9. The van der Waals surface area contributed by atoms with Gasteiger partial charge in [0.25, 0.3) is 0 Å². The van der Waals surface area contributed by atoms with Crippen molar-refractivity contribution in [3.8, 4) is 0 Å². The van der Waals surface area contributed by atoms with Crippen molar-refractivity contribution in [2.75, 3.05) is 46.4 Å². The molecule has 0 aliphatic carbocycles. The molecular weight excluding hydrogens is 1620 g/mol. The first-order valence-electron chi connectivity index (χ1n) is 44.0. The molecule has 1 aromatic heterocycles. The highest BCUT2D eigenvalue weighted by molar-refractivity contribution is 6.00. The van der Waals surface area contributed by atoms with Crippen LogP contribution in [0.15, 0.2) is 77.7 Å². The van der Waals surface area contributed by atoms with Crippen LogP contribution in [0.2, 0.25) is 0 Å². The van der Waals surface area contributed by atoms with Crippen LogP contribution in [0, 0.1) is 0 Å². The number of nitrogens with one attached hydrogen (secondary N) is 13. The molecule has 0 unspecified atom stereocenters. The van der Waals surface area contributed by atoms with Gasteiger partial charge in [-0.2, -0.15) is 0 Å².